The summed E-state index contributed by atoms with van der Waals surface area (Å²) >= 11 is 1.84. The highest BCUT2D eigenvalue weighted by Gasteiger charge is 2.00. The Kier molecular flexibility index (Phi) is 5.80. The minimum Gasteiger partial charge on any atom is -0.314 e. The molecular weight excluding hydrogens is 192 g/mol. The Hall–Kier alpha value is -0.410. The smallest absolute Gasteiger partial charge is 0.107 e. The summed E-state index contributed by atoms with van der Waals surface area (Å²) in [5.74, 6) is 0. The number of nitrogens with one attached hydrogen (secondary N) is 1. The fourth-order valence-corrected chi connectivity index (χ4v) is 2.40. The first kappa shape index (κ1) is 11.7. The van der Waals surface area contributed by atoms with Crippen molar-refractivity contribution >= 4 is 11.3 Å². The van der Waals surface area contributed by atoms with Crippen LogP contribution in [0.25, 0.3) is 0 Å². The van der Waals surface area contributed by atoms with Gasteiger partial charge in [0, 0.05) is 17.6 Å². The number of aryl methyl sites for hydroxylation is 1. The van der Waals surface area contributed by atoms with Gasteiger partial charge in [-0.2, -0.15) is 0 Å². The molecule has 0 aliphatic heterocycles. The molecule has 1 aromatic rings. The Morgan fingerprint density at radius 1 is 1.36 bits per heavy atom. The lowest BCUT2D eigenvalue weighted by atomic mass is 10.1. The molecule has 0 amide bonds. The Morgan fingerprint density at radius 3 is 2.93 bits per heavy atom. The van der Waals surface area contributed by atoms with Gasteiger partial charge in [-0.05, 0) is 19.9 Å². The van der Waals surface area contributed by atoms with E-state index in [1.165, 1.54) is 42.0 Å². The van der Waals surface area contributed by atoms with Crippen molar-refractivity contribution in [1.82, 2.24) is 10.3 Å². The van der Waals surface area contributed by atoms with E-state index in [9.17, 15) is 0 Å². The number of hydrogen-bond acceptors (Lipinski definition) is 3. The van der Waals surface area contributed by atoms with Crippen LogP contribution in [0.4, 0.5) is 0 Å². The van der Waals surface area contributed by atoms with Gasteiger partial charge in [0.1, 0.15) is 5.01 Å². The second kappa shape index (κ2) is 6.96. The van der Waals surface area contributed by atoms with E-state index in [1.807, 2.05) is 24.6 Å². The highest BCUT2D eigenvalue weighted by molar-refractivity contribution is 7.11. The second-order valence-electron chi connectivity index (χ2n) is 3.56. The van der Waals surface area contributed by atoms with Gasteiger partial charge in [0.05, 0.1) is 0 Å². The summed E-state index contributed by atoms with van der Waals surface area (Å²) in [5.41, 5.74) is 0. The average molecular weight is 212 g/mol. The molecule has 0 spiro atoms. The molecule has 1 N–H and O–H groups in total. The molecule has 0 unspecified atom stereocenters. The molecule has 0 bridgehead atoms. The molecule has 0 aliphatic rings. The van der Waals surface area contributed by atoms with Gasteiger partial charge in [0.25, 0.3) is 0 Å². The highest BCUT2D eigenvalue weighted by atomic mass is 32.1. The van der Waals surface area contributed by atoms with Crippen molar-refractivity contribution in [3.63, 3.8) is 0 Å². The highest BCUT2D eigenvalue weighted by Crippen LogP contribution is 2.15. The first-order valence-electron chi connectivity index (χ1n) is 5.45. The molecule has 80 valence electrons. The van der Waals surface area contributed by atoms with E-state index in [0.29, 0.717) is 0 Å². The quantitative estimate of drug-likeness (QED) is 0.703. The van der Waals surface area contributed by atoms with Crippen LogP contribution in [0.1, 0.15) is 42.5 Å². The van der Waals surface area contributed by atoms with E-state index in [4.69, 9.17) is 0 Å². The SMILES string of the molecule is CCCCCCc1cnc(CNC)s1. The third-order valence-electron chi connectivity index (χ3n) is 2.21. The molecule has 1 heterocycles. The van der Waals surface area contributed by atoms with Crippen LogP contribution in [-0.4, -0.2) is 12.0 Å². The van der Waals surface area contributed by atoms with Crippen molar-refractivity contribution in [3.8, 4) is 0 Å². The molecule has 14 heavy (non-hydrogen) atoms. The van der Waals surface area contributed by atoms with Crippen LogP contribution in [0.15, 0.2) is 6.20 Å². The molecule has 0 saturated heterocycles. The summed E-state index contributed by atoms with van der Waals surface area (Å²) in [4.78, 5) is 5.80. The van der Waals surface area contributed by atoms with Gasteiger partial charge in [-0.15, -0.1) is 11.3 Å². The molecule has 0 fully saturated rings. The maximum atomic E-state index is 4.36. The van der Waals surface area contributed by atoms with E-state index < -0.39 is 0 Å². The molecular formula is C11H20N2S. The Labute approximate surface area is 90.8 Å². The maximum absolute atomic E-state index is 4.36. The van der Waals surface area contributed by atoms with Crippen molar-refractivity contribution in [2.24, 2.45) is 0 Å². The van der Waals surface area contributed by atoms with Crippen molar-refractivity contribution in [1.29, 1.82) is 0 Å². The molecule has 1 rings (SSSR count). The normalized spacial score (nSPS) is 10.7. The minimum atomic E-state index is 0.902. The number of nitrogens with zero attached hydrogens (tertiary/aromatic N) is 1. The van der Waals surface area contributed by atoms with Crippen LogP contribution in [0.2, 0.25) is 0 Å². The van der Waals surface area contributed by atoms with Gasteiger partial charge >= 0.3 is 0 Å². The van der Waals surface area contributed by atoms with E-state index >= 15 is 0 Å². The van der Waals surface area contributed by atoms with Crippen LogP contribution in [-0.2, 0) is 13.0 Å². The molecule has 3 heteroatoms. The predicted octanol–water partition coefficient (Wildman–Crippen LogP) is 2.99. The van der Waals surface area contributed by atoms with E-state index in [-0.39, 0.29) is 0 Å². The van der Waals surface area contributed by atoms with Crippen molar-refractivity contribution < 1.29 is 0 Å². The zero-order valence-electron chi connectivity index (χ0n) is 9.18. The summed E-state index contributed by atoms with van der Waals surface area (Å²) < 4.78 is 0. The number of unbranched alkanes of at least 4 members (excludes halogenated alkanes) is 3. The zero-order valence-corrected chi connectivity index (χ0v) is 9.99. The second-order valence-corrected chi connectivity index (χ2v) is 4.76. The fourth-order valence-electron chi connectivity index (χ4n) is 1.42. The van der Waals surface area contributed by atoms with Gasteiger partial charge < -0.3 is 5.32 Å². The number of hydrogen-bond donors (Lipinski definition) is 1. The molecule has 0 aliphatic carbocycles. The van der Waals surface area contributed by atoms with Crippen LogP contribution in [0.5, 0.6) is 0 Å². The first-order valence-corrected chi connectivity index (χ1v) is 6.26. The lowest BCUT2D eigenvalue weighted by Gasteiger charge is -1.96. The summed E-state index contributed by atoms with van der Waals surface area (Å²) in [6.07, 6.45) is 8.59. The predicted molar refractivity (Wildman–Crippen MR) is 62.7 cm³/mol. The van der Waals surface area contributed by atoms with E-state index in [2.05, 4.69) is 17.2 Å². The molecule has 1 aromatic heterocycles. The minimum absolute atomic E-state index is 0.902. The van der Waals surface area contributed by atoms with Crippen molar-refractivity contribution in [2.75, 3.05) is 7.05 Å². The van der Waals surface area contributed by atoms with Crippen molar-refractivity contribution in [2.45, 2.75) is 45.6 Å². The molecule has 0 atom stereocenters. The molecule has 0 radical (unpaired) electrons. The van der Waals surface area contributed by atoms with Gasteiger partial charge in [-0.3, -0.25) is 0 Å². The van der Waals surface area contributed by atoms with E-state index in [1.54, 1.807) is 0 Å². The monoisotopic (exact) mass is 212 g/mol. The third-order valence-corrected chi connectivity index (χ3v) is 3.26. The summed E-state index contributed by atoms with van der Waals surface area (Å²) in [5, 5.41) is 4.33. The van der Waals surface area contributed by atoms with E-state index in [0.717, 1.165) is 6.54 Å². The summed E-state index contributed by atoms with van der Waals surface area (Å²) in [6, 6.07) is 0. The summed E-state index contributed by atoms with van der Waals surface area (Å²) in [6.45, 7) is 3.15. The first-order chi connectivity index (χ1) is 6.86. The molecule has 0 saturated carbocycles. The number of rotatable bonds is 7. The van der Waals surface area contributed by atoms with Crippen LogP contribution in [0, 0.1) is 0 Å². The number of thiazole rings is 1. The standard InChI is InChI=1S/C11H20N2S/c1-3-4-5-6-7-10-8-13-11(14-10)9-12-2/h8,12H,3-7,9H2,1-2H3. The Balaban J connectivity index is 2.22. The van der Waals surface area contributed by atoms with Crippen LogP contribution < -0.4 is 5.32 Å². The number of aromatic nitrogens is 1. The van der Waals surface area contributed by atoms with Crippen LogP contribution >= 0.6 is 11.3 Å². The zero-order chi connectivity index (χ0) is 10.2. The average Bonchev–Trinajstić information content (AvgIpc) is 2.61. The lowest BCUT2D eigenvalue weighted by Crippen LogP contribution is -2.03. The topological polar surface area (TPSA) is 24.9 Å². The Morgan fingerprint density at radius 2 is 2.21 bits per heavy atom. The third kappa shape index (κ3) is 4.20. The fraction of sp³-hybridized carbons (Fsp3) is 0.727. The van der Waals surface area contributed by atoms with Crippen molar-refractivity contribution in [3.05, 3.63) is 16.1 Å². The molecule has 2 nitrogen and oxygen atoms in total. The summed E-state index contributed by atoms with van der Waals surface area (Å²) in [7, 11) is 1.96. The Bertz CT molecular complexity index is 245. The van der Waals surface area contributed by atoms with Gasteiger partial charge in [-0.25, -0.2) is 4.98 Å². The van der Waals surface area contributed by atoms with Gasteiger partial charge in [-0.1, -0.05) is 26.2 Å². The molecule has 0 aromatic carbocycles. The van der Waals surface area contributed by atoms with Gasteiger partial charge in [0.2, 0.25) is 0 Å². The maximum Gasteiger partial charge on any atom is 0.107 e. The van der Waals surface area contributed by atoms with Crippen LogP contribution in [0.3, 0.4) is 0 Å². The van der Waals surface area contributed by atoms with Gasteiger partial charge in [0.15, 0.2) is 0 Å². The largest absolute Gasteiger partial charge is 0.314 e. The lowest BCUT2D eigenvalue weighted by molar-refractivity contribution is 0.670.